The number of β-amino-alcohol motifs (C(OH)–C–C–N with tert-alkyl or cyclic N) is 1. The number of benzene rings is 2. The number of carbonyl (C=O) groups excluding carboxylic acids is 1. The summed E-state index contributed by atoms with van der Waals surface area (Å²) in [7, 11) is 0. The summed E-state index contributed by atoms with van der Waals surface area (Å²) >= 11 is 6.14. The summed E-state index contributed by atoms with van der Waals surface area (Å²) < 4.78 is 0. The predicted octanol–water partition coefficient (Wildman–Crippen LogP) is 2.83. The van der Waals surface area contributed by atoms with E-state index in [9.17, 15) is 9.90 Å². The number of amides is 1. The first kappa shape index (κ1) is 17.0. The number of rotatable bonds is 4. The lowest BCUT2D eigenvalue weighted by atomic mass is 10.1. The van der Waals surface area contributed by atoms with Gasteiger partial charge in [0.05, 0.1) is 6.10 Å². The molecule has 1 saturated heterocycles. The molecule has 2 aromatic rings. The van der Waals surface area contributed by atoms with Crippen molar-refractivity contribution in [3.05, 3.63) is 70.7 Å². The van der Waals surface area contributed by atoms with E-state index in [0.717, 1.165) is 24.2 Å². The van der Waals surface area contributed by atoms with Crippen LogP contribution in [0.3, 0.4) is 0 Å². The Labute approximate surface area is 147 Å². The van der Waals surface area contributed by atoms with Crippen LogP contribution >= 0.6 is 11.6 Å². The van der Waals surface area contributed by atoms with Gasteiger partial charge in [-0.1, -0.05) is 48.0 Å². The van der Waals surface area contributed by atoms with Crippen LogP contribution < -0.4 is 0 Å². The Morgan fingerprint density at radius 3 is 2.29 bits per heavy atom. The SMILES string of the molecule is O=C(c1ccccc1)N1CCN(C[C@H](O)c2ccccc2Cl)CC1. The molecular formula is C19H21ClN2O2. The highest BCUT2D eigenvalue weighted by Gasteiger charge is 2.24. The predicted molar refractivity (Wildman–Crippen MR) is 95.2 cm³/mol. The van der Waals surface area contributed by atoms with E-state index in [-0.39, 0.29) is 5.91 Å². The molecule has 5 heteroatoms. The van der Waals surface area contributed by atoms with Gasteiger partial charge in [-0.05, 0) is 18.2 Å². The van der Waals surface area contributed by atoms with Crippen LogP contribution in [0, 0.1) is 0 Å². The van der Waals surface area contributed by atoms with Crippen molar-refractivity contribution >= 4 is 17.5 Å². The molecule has 4 nitrogen and oxygen atoms in total. The highest BCUT2D eigenvalue weighted by Crippen LogP contribution is 2.23. The molecule has 1 aliphatic rings. The second-order valence-corrected chi connectivity index (χ2v) is 6.40. The third-order valence-corrected chi connectivity index (χ3v) is 4.72. The number of halogens is 1. The standard InChI is InChI=1S/C19H21ClN2O2/c20-17-9-5-4-8-16(17)18(23)14-21-10-12-22(13-11-21)19(24)15-6-2-1-3-7-15/h1-9,18,23H,10-14H2/t18-/m0/s1. The van der Waals surface area contributed by atoms with E-state index in [0.29, 0.717) is 24.7 Å². The molecule has 0 radical (unpaired) electrons. The maximum absolute atomic E-state index is 12.4. The van der Waals surface area contributed by atoms with Crippen LogP contribution in [0.1, 0.15) is 22.0 Å². The molecule has 1 aliphatic heterocycles. The zero-order valence-electron chi connectivity index (χ0n) is 13.4. The lowest BCUT2D eigenvalue weighted by molar-refractivity contribution is 0.0528. The zero-order valence-corrected chi connectivity index (χ0v) is 14.2. The van der Waals surface area contributed by atoms with Gasteiger partial charge in [-0.15, -0.1) is 0 Å². The highest BCUT2D eigenvalue weighted by atomic mass is 35.5. The van der Waals surface area contributed by atoms with Crippen LogP contribution in [0.25, 0.3) is 0 Å². The first-order chi connectivity index (χ1) is 11.6. The summed E-state index contributed by atoms with van der Waals surface area (Å²) in [5, 5.41) is 11.0. The largest absolute Gasteiger partial charge is 0.387 e. The van der Waals surface area contributed by atoms with E-state index >= 15 is 0 Å². The molecule has 24 heavy (non-hydrogen) atoms. The van der Waals surface area contributed by atoms with Gasteiger partial charge in [0.25, 0.3) is 5.91 Å². The summed E-state index contributed by atoms with van der Waals surface area (Å²) in [6.45, 7) is 3.36. The molecule has 1 fully saturated rings. The van der Waals surface area contributed by atoms with E-state index in [1.165, 1.54) is 0 Å². The molecule has 2 aromatic carbocycles. The van der Waals surface area contributed by atoms with Gasteiger partial charge in [0.15, 0.2) is 0 Å². The summed E-state index contributed by atoms with van der Waals surface area (Å²) in [6, 6.07) is 16.7. The second kappa shape index (κ2) is 7.79. The van der Waals surface area contributed by atoms with Crippen molar-refractivity contribution in [2.45, 2.75) is 6.10 Å². The van der Waals surface area contributed by atoms with Crippen molar-refractivity contribution in [1.29, 1.82) is 0 Å². The van der Waals surface area contributed by atoms with Crippen molar-refractivity contribution in [2.75, 3.05) is 32.7 Å². The maximum Gasteiger partial charge on any atom is 0.253 e. The third-order valence-electron chi connectivity index (χ3n) is 4.38. The van der Waals surface area contributed by atoms with Crippen LogP contribution in [0.2, 0.25) is 5.02 Å². The van der Waals surface area contributed by atoms with E-state index < -0.39 is 6.10 Å². The molecule has 126 valence electrons. The van der Waals surface area contributed by atoms with E-state index in [4.69, 9.17) is 11.6 Å². The quantitative estimate of drug-likeness (QED) is 0.927. The van der Waals surface area contributed by atoms with Gasteiger partial charge in [-0.2, -0.15) is 0 Å². The topological polar surface area (TPSA) is 43.8 Å². The highest BCUT2D eigenvalue weighted by molar-refractivity contribution is 6.31. The van der Waals surface area contributed by atoms with Crippen LogP contribution in [-0.2, 0) is 0 Å². The molecule has 0 saturated carbocycles. The van der Waals surface area contributed by atoms with Crippen molar-refractivity contribution in [2.24, 2.45) is 0 Å². The van der Waals surface area contributed by atoms with E-state index in [1.807, 2.05) is 53.4 Å². The minimum absolute atomic E-state index is 0.0712. The molecule has 0 unspecified atom stereocenters. The molecular weight excluding hydrogens is 324 g/mol. The fourth-order valence-electron chi connectivity index (χ4n) is 2.99. The van der Waals surface area contributed by atoms with Gasteiger partial charge in [0.1, 0.15) is 0 Å². The van der Waals surface area contributed by atoms with Gasteiger partial charge in [-0.3, -0.25) is 9.69 Å². The number of hydrogen-bond donors (Lipinski definition) is 1. The van der Waals surface area contributed by atoms with Crippen molar-refractivity contribution in [1.82, 2.24) is 9.80 Å². The first-order valence-corrected chi connectivity index (χ1v) is 8.52. The van der Waals surface area contributed by atoms with Crippen LogP contribution in [-0.4, -0.2) is 53.5 Å². The summed E-state index contributed by atoms with van der Waals surface area (Å²) in [5.74, 6) is 0.0712. The van der Waals surface area contributed by atoms with Gasteiger partial charge >= 0.3 is 0 Å². The molecule has 0 aromatic heterocycles. The number of piperazine rings is 1. The Balaban J connectivity index is 1.54. The van der Waals surface area contributed by atoms with Crippen molar-refractivity contribution in [3.8, 4) is 0 Å². The number of aliphatic hydroxyl groups excluding tert-OH is 1. The molecule has 0 spiro atoms. The fourth-order valence-corrected chi connectivity index (χ4v) is 3.25. The monoisotopic (exact) mass is 344 g/mol. The summed E-state index contributed by atoms with van der Waals surface area (Å²) in [4.78, 5) is 16.5. The normalized spacial score (nSPS) is 16.8. The minimum atomic E-state index is -0.616. The number of aliphatic hydroxyl groups is 1. The van der Waals surface area contributed by atoms with Gasteiger partial charge in [-0.25, -0.2) is 0 Å². The Kier molecular flexibility index (Phi) is 5.51. The Morgan fingerprint density at radius 2 is 1.62 bits per heavy atom. The van der Waals surface area contributed by atoms with E-state index in [2.05, 4.69) is 4.90 Å². The Hall–Kier alpha value is -1.88. The lowest BCUT2D eigenvalue weighted by Crippen LogP contribution is -2.49. The van der Waals surface area contributed by atoms with Crippen LogP contribution in [0.5, 0.6) is 0 Å². The van der Waals surface area contributed by atoms with Gasteiger partial charge in [0, 0.05) is 48.9 Å². The van der Waals surface area contributed by atoms with Crippen LogP contribution in [0.15, 0.2) is 54.6 Å². The number of nitrogens with zero attached hydrogens (tertiary/aromatic N) is 2. The van der Waals surface area contributed by atoms with Gasteiger partial charge in [0.2, 0.25) is 0 Å². The Bertz CT molecular complexity index is 685. The number of carbonyl (C=O) groups is 1. The molecule has 3 rings (SSSR count). The zero-order chi connectivity index (χ0) is 16.9. The molecule has 1 atom stereocenters. The minimum Gasteiger partial charge on any atom is -0.387 e. The van der Waals surface area contributed by atoms with Crippen LogP contribution in [0.4, 0.5) is 0 Å². The fraction of sp³-hybridized carbons (Fsp3) is 0.316. The van der Waals surface area contributed by atoms with Gasteiger partial charge < -0.3 is 10.0 Å². The van der Waals surface area contributed by atoms with E-state index in [1.54, 1.807) is 6.07 Å². The summed E-state index contributed by atoms with van der Waals surface area (Å²) in [5.41, 5.74) is 1.48. The average Bonchev–Trinajstić information content (AvgIpc) is 2.63. The molecule has 1 amide bonds. The molecule has 0 bridgehead atoms. The average molecular weight is 345 g/mol. The summed E-state index contributed by atoms with van der Waals surface area (Å²) in [6.07, 6.45) is -0.616. The second-order valence-electron chi connectivity index (χ2n) is 6.00. The third kappa shape index (κ3) is 3.96. The smallest absolute Gasteiger partial charge is 0.253 e. The lowest BCUT2D eigenvalue weighted by Gasteiger charge is -2.35. The van der Waals surface area contributed by atoms with Crippen molar-refractivity contribution in [3.63, 3.8) is 0 Å². The molecule has 1 heterocycles. The number of hydrogen-bond acceptors (Lipinski definition) is 3. The molecule has 0 aliphatic carbocycles. The first-order valence-electron chi connectivity index (χ1n) is 8.14. The molecule has 1 N–H and O–H groups in total. The Morgan fingerprint density at radius 1 is 1.00 bits per heavy atom. The maximum atomic E-state index is 12.4. The van der Waals surface area contributed by atoms with Crippen molar-refractivity contribution < 1.29 is 9.90 Å².